The zero-order chi connectivity index (χ0) is 10.1. The van der Waals surface area contributed by atoms with Crippen LogP contribution >= 0.6 is 0 Å². The lowest BCUT2D eigenvalue weighted by Gasteiger charge is -2.52. The number of rotatable bonds is 4. The van der Waals surface area contributed by atoms with Crippen LogP contribution in [0.15, 0.2) is 0 Å². The number of hydrogen-bond donors (Lipinski definition) is 1. The molecule has 15 heavy (non-hydrogen) atoms. The molecular formula is C14H25N. The summed E-state index contributed by atoms with van der Waals surface area (Å²) in [7, 11) is 0. The Hall–Kier alpha value is -0.0400. The normalized spacial score (nSPS) is 34.0. The van der Waals surface area contributed by atoms with Crippen LogP contribution in [0.3, 0.4) is 0 Å². The van der Waals surface area contributed by atoms with Gasteiger partial charge in [0.15, 0.2) is 0 Å². The molecule has 1 spiro atoms. The molecule has 1 N–H and O–H groups in total. The summed E-state index contributed by atoms with van der Waals surface area (Å²) in [6, 6.07) is 0.900. The third-order valence-electron chi connectivity index (χ3n) is 5.16. The molecule has 0 aromatic heterocycles. The Labute approximate surface area is 94.0 Å². The number of hydrogen-bond acceptors (Lipinski definition) is 1. The Morgan fingerprint density at radius 3 is 2.33 bits per heavy atom. The molecule has 0 radical (unpaired) electrons. The van der Waals surface area contributed by atoms with Crippen molar-refractivity contribution in [2.45, 2.75) is 70.3 Å². The molecule has 0 saturated heterocycles. The maximum absolute atomic E-state index is 3.85. The monoisotopic (exact) mass is 207 g/mol. The van der Waals surface area contributed by atoms with E-state index in [2.05, 4.69) is 5.32 Å². The van der Waals surface area contributed by atoms with Crippen molar-refractivity contribution in [2.75, 3.05) is 6.54 Å². The highest BCUT2D eigenvalue weighted by Crippen LogP contribution is 2.51. The molecule has 0 aliphatic heterocycles. The molecule has 3 rings (SSSR count). The fourth-order valence-electron chi connectivity index (χ4n) is 3.74. The second-order valence-electron chi connectivity index (χ2n) is 6.20. The predicted molar refractivity (Wildman–Crippen MR) is 63.9 cm³/mol. The quantitative estimate of drug-likeness (QED) is 0.744. The third-order valence-corrected chi connectivity index (χ3v) is 5.16. The number of nitrogens with one attached hydrogen (secondary N) is 1. The maximum atomic E-state index is 3.85. The largest absolute Gasteiger partial charge is 0.313 e. The zero-order valence-electron chi connectivity index (χ0n) is 9.93. The first-order valence-electron chi connectivity index (χ1n) is 7.12. The smallest absolute Gasteiger partial charge is 0.0124 e. The second kappa shape index (κ2) is 4.08. The minimum atomic E-state index is 0.766. The van der Waals surface area contributed by atoms with Crippen molar-refractivity contribution in [1.29, 1.82) is 0 Å². The highest BCUT2D eigenvalue weighted by atomic mass is 15.0. The molecule has 0 bridgehead atoms. The average Bonchev–Trinajstić information content (AvgIpc) is 3.08. The molecular weight excluding hydrogens is 182 g/mol. The van der Waals surface area contributed by atoms with Crippen LogP contribution < -0.4 is 5.32 Å². The SMILES string of the molecule is C1CCC2(CC1)CCC2NCCC1CC1. The van der Waals surface area contributed by atoms with Crippen LogP contribution in [0.25, 0.3) is 0 Å². The van der Waals surface area contributed by atoms with Crippen molar-refractivity contribution in [2.24, 2.45) is 11.3 Å². The van der Waals surface area contributed by atoms with E-state index in [1.807, 2.05) is 0 Å². The lowest BCUT2D eigenvalue weighted by molar-refractivity contribution is 0.0230. The van der Waals surface area contributed by atoms with E-state index in [4.69, 9.17) is 0 Å². The predicted octanol–water partition coefficient (Wildman–Crippen LogP) is 3.49. The van der Waals surface area contributed by atoms with E-state index in [1.165, 1.54) is 70.8 Å². The Balaban J connectivity index is 1.44. The summed E-state index contributed by atoms with van der Waals surface area (Å²) < 4.78 is 0. The van der Waals surface area contributed by atoms with E-state index in [0.717, 1.165) is 17.4 Å². The van der Waals surface area contributed by atoms with Crippen molar-refractivity contribution in [3.05, 3.63) is 0 Å². The van der Waals surface area contributed by atoms with E-state index in [-0.39, 0.29) is 0 Å². The van der Waals surface area contributed by atoms with Crippen molar-refractivity contribution in [3.8, 4) is 0 Å². The van der Waals surface area contributed by atoms with Gasteiger partial charge in [-0.25, -0.2) is 0 Å². The van der Waals surface area contributed by atoms with Crippen LogP contribution in [0.2, 0.25) is 0 Å². The van der Waals surface area contributed by atoms with Gasteiger partial charge >= 0.3 is 0 Å². The lowest BCUT2D eigenvalue weighted by Crippen LogP contribution is -2.54. The van der Waals surface area contributed by atoms with E-state index in [9.17, 15) is 0 Å². The Bertz CT molecular complexity index is 213. The van der Waals surface area contributed by atoms with Gasteiger partial charge in [-0.3, -0.25) is 0 Å². The van der Waals surface area contributed by atoms with Crippen LogP contribution in [0, 0.1) is 11.3 Å². The van der Waals surface area contributed by atoms with E-state index in [1.54, 1.807) is 0 Å². The molecule has 1 unspecified atom stereocenters. The molecule has 0 aromatic rings. The van der Waals surface area contributed by atoms with Crippen molar-refractivity contribution in [3.63, 3.8) is 0 Å². The summed E-state index contributed by atoms with van der Waals surface area (Å²) in [5.74, 6) is 1.10. The molecule has 86 valence electrons. The standard InChI is InChI=1S/C14H25N/c1-2-8-14(9-3-1)10-6-13(14)15-11-7-12-4-5-12/h12-13,15H,1-11H2. The average molecular weight is 207 g/mol. The van der Waals surface area contributed by atoms with Gasteiger partial charge in [0, 0.05) is 6.04 Å². The van der Waals surface area contributed by atoms with Gasteiger partial charge in [0.25, 0.3) is 0 Å². The fourth-order valence-corrected chi connectivity index (χ4v) is 3.74. The van der Waals surface area contributed by atoms with Crippen LogP contribution in [-0.4, -0.2) is 12.6 Å². The highest BCUT2D eigenvalue weighted by Gasteiger charge is 2.46. The fraction of sp³-hybridized carbons (Fsp3) is 1.00. The summed E-state index contributed by atoms with van der Waals surface area (Å²) in [5, 5.41) is 3.85. The molecule has 3 saturated carbocycles. The van der Waals surface area contributed by atoms with Crippen LogP contribution in [-0.2, 0) is 0 Å². The summed E-state index contributed by atoms with van der Waals surface area (Å²) in [6.45, 7) is 1.30. The second-order valence-corrected chi connectivity index (χ2v) is 6.20. The van der Waals surface area contributed by atoms with Crippen LogP contribution in [0.4, 0.5) is 0 Å². The van der Waals surface area contributed by atoms with Gasteiger partial charge < -0.3 is 5.32 Å². The molecule has 3 aliphatic rings. The lowest BCUT2D eigenvalue weighted by atomic mass is 9.57. The third kappa shape index (κ3) is 2.08. The van der Waals surface area contributed by atoms with E-state index in [0.29, 0.717) is 0 Å². The summed E-state index contributed by atoms with van der Waals surface area (Å²) in [6.07, 6.45) is 15.0. The van der Waals surface area contributed by atoms with Gasteiger partial charge in [-0.05, 0) is 50.0 Å². The molecule has 1 heteroatoms. The Morgan fingerprint density at radius 2 is 1.73 bits per heavy atom. The Morgan fingerprint density at radius 1 is 0.933 bits per heavy atom. The van der Waals surface area contributed by atoms with Gasteiger partial charge in [0.2, 0.25) is 0 Å². The van der Waals surface area contributed by atoms with E-state index < -0.39 is 0 Å². The van der Waals surface area contributed by atoms with Crippen molar-refractivity contribution >= 4 is 0 Å². The highest BCUT2D eigenvalue weighted by molar-refractivity contribution is 5.01. The molecule has 3 fully saturated rings. The van der Waals surface area contributed by atoms with Gasteiger partial charge in [0.1, 0.15) is 0 Å². The summed E-state index contributed by atoms with van der Waals surface area (Å²) >= 11 is 0. The van der Waals surface area contributed by atoms with Gasteiger partial charge in [-0.2, -0.15) is 0 Å². The van der Waals surface area contributed by atoms with Crippen LogP contribution in [0.1, 0.15) is 64.2 Å². The minimum absolute atomic E-state index is 0.766. The minimum Gasteiger partial charge on any atom is -0.313 e. The first kappa shape index (κ1) is 10.1. The first-order chi connectivity index (χ1) is 7.39. The van der Waals surface area contributed by atoms with Gasteiger partial charge in [-0.15, -0.1) is 0 Å². The maximum Gasteiger partial charge on any atom is 0.0124 e. The van der Waals surface area contributed by atoms with Crippen molar-refractivity contribution < 1.29 is 0 Å². The first-order valence-corrected chi connectivity index (χ1v) is 7.12. The van der Waals surface area contributed by atoms with E-state index >= 15 is 0 Å². The molecule has 3 aliphatic carbocycles. The summed E-state index contributed by atoms with van der Waals surface area (Å²) in [5.41, 5.74) is 0.766. The molecule has 1 nitrogen and oxygen atoms in total. The molecule has 0 amide bonds. The summed E-state index contributed by atoms with van der Waals surface area (Å²) in [4.78, 5) is 0. The van der Waals surface area contributed by atoms with Gasteiger partial charge in [0.05, 0.1) is 0 Å². The Kier molecular flexibility index (Phi) is 2.76. The molecule has 1 atom stereocenters. The molecule has 0 heterocycles. The van der Waals surface area contributed by atoms with Gasteiger partial charge in [-0.1, -0.05) is 32.1 Å². The molecule has 0 aromatic carbocycles. The topological polar surface area (TPSA) is 12.0 Å². The van der Waals surface area contributed by atoms with Crippen molar-refractivity contribution in [1.82, 2.24) is 5.32 Å². The van der Waals surface area contributed by atoms with Crippen LogP contribution in [0.5, 0.6) is 0 Å². The zero-order valence-corrected chi connectivity index (χ0v) is 9.93.